The summed E-state index contributed by atoms with van der Waals surface area (Å²) >= 11 is 0. The van der Waals surface area contributed by atoms with E-state index in [1.54, 1.807) is 7.11 Å². The highest BCUT2D eigenvalue weighted by Gasteiger charge is 2.01. The molecule has 0 saturated carbocycles. The monoisotopic (exact) mass is 285 g/mol. The van der Waals surface area contributed by atoms with E-state index < -0.39 is 0 Å². The van der Waals surface area contributed by atoms with Crippen LogP contribution in [0.1, 0.15) is 23.6 Å². The second-order valence-corrected chi connectivity index (χ2v) is 4.86. The van der Waals surface area contributed by atoms with Crippen LogP contribution in [0.4, 0.5) is 0 Å². The van der Waals surface area contributed by atoms with Crippen LogP contribution in [0.2, 0.25) is 0 Å². The molecule has 21 heavy (non-hydrogen) atoms. The van der Waals surface area contributed by atoms with Crippen molar-refractivity contribution in [3.63, 3.8) is 0 Å². The summed E-state index contributed by atoms with van der Waals surface area (Å²) in [6.45, 7) is 5.12. The third-order valence-electron chi connectivity index (χ3n) is 3.38. The first-order chi connectivity index (χ1) is 10.3. The Hall–Kier alpha value is -1.84. The maximum absolute atomic E-state index is 5.51. The Bertz CT molecular complexity index is 537. The fourth-order valence-electron chi connectivity index (χ4n) is 2.17. The molecule has 1 N–H and O–H groups in total. The van der Waals surface area contributed by atoms with Crippen molar-refractivity contribution < 1.29 is 9.47 Å². The minimum atomic E-state index is 0.677. The number of ether oxygens (including phenoxy) is 2. The molecular formula is C18H23NO2. The Labute approximate surface area is 126 Å². The maximum Gasteiger partial charge on any atom is 0.118 e. The summed E-state index contributed by atoms with van der Waals surface area (Å²) in [5.74, 6) is 0.890. The van der Waals surface area contributed by atoms with Gasteiger partial charge in [-0.1, -0.05) is 36.4 Å². The van der Waals surface area contributed by atoms with Crippen LogP contribution in [0, 0.1) is 0 Å². The lowest BCUT2D eigenvalue weighted by atomic mass is 10.1. The molecule has 2 rings (SSSR count). The first-order valence-corrected chi connectivity index (χ1v) is 7.31. The lowest BCUT2D eigenvalue weighted by Crippen LogP contribution is -2.14. The van der Waals surface area contributed by atoms with Crippen LogP contribution in [0.3, 0.4) is 0 Å². The Morgan fingerprint density at radius 2 is 1.62 bits per heavy atom. The zero-order valence-electron chi connectivity index (χ0n) is 12.8. The average molecular weight is 285 g/mol. The van der Waals surface area contributed by atoms with Gasteiger partial charge >= 0.3 is 0 Å². The summed E-state index contributed by atoms with van der Waals surface area (Å²) in [4.78, 5) is 0. The van der Waals surface area contributed by atoms with Crippen LogP contribution in [0.15, 0.2) is 48.5 Å². The number of hydrogen-bond acceptors (Lipinski definition) is 3. The van der Waals surface area contributed by atoms with E-state index in [1.807, 2.05) is 19.1 Å². The lowest BCUT2D eigenvalue weighted by Gasteiger charge is -2.11. The molecule has 2 aromatic carbocycles. The molecule has 0 atom stereocenters. The molecule has 3 heteroatoms. The van der Waals surface area contributed by atoms with E-state index in [0.717, 1.165) is 25.4 Å². The number of nitrogens with one attached hydrogen (secondary N) is 1. The lowest BCUT2D eigenvalue weighted by molar-refractivity contribution is 0.133. The quantitative estimate of drug-likeness (QED) is 0.805. The first kappa shape index (κ1) is 15.5. The Kier molecular flexibility index (Phi) is 6.25. The minimum absolute atomic E-state index is 0.677. The average Bonchev–Trinajstić information content (AvgIpc) is 2.54. The fourth-order valence-corrected chi connectivity index (χ4v) is 2.17. The molecule has 0 unspecified atom stereocenters. The smallest absolute Gasteiger partial charge is 0.118 e. The summed E-state index contributed by atoms with van der Waals surface area (Å²) in [5, 5.41) is 3.48. The number of hydrogen-bond donors (Lipinski definition) is 1. The van der Waals surface area contributed by atoms with Crippen molar-refractivity contribution in [3.05, 3.63) is 65.2 Å². The fraction of sp³-hybridized carbons (Fsp3) is 0.333. The number of methoxy groups -OCH3 is 1. The van der Waals surface area contributed by atoms with Gasteiger partial charge in [-0.2, -0.15) is 0 Å². The molecule has 0 fully saturated rings. The highest BCUT2D eigenvalue weighted by Crippen LogP contribution is 2.12. The molecule has 0 aliphatic rings. The van der Waals surface area contributed by atoms with E-state index in [4.69, 9.17) is 9.47 Å². The standard InChI is InChI=1S/C18H23NO2/c1-3-21-14-17-7-5-4-6-16(17)13-19-12-15-8-10-18(20-2)11-9-15/h4-11,19H,3,12-14H2,1-2H3. The summed E-state index contributed by atoms with van der Waals surface area (Å²) in [6.07, 6.45) is 0. The van der Waals surface area contributed by atoms with Crippen LogP contribution in [-0.4, -0.2) is 13.7 Å². The first-order valence-electron chi connectivity index (χ1n) is 7.31. The maximum atomic E-state index is 5.51. The van der Waals surface area contributed by atoms with E-state index in [-0.39, 0.29) is 0 Å². The Morgan fingerprint density at radius 1 is 0.905 bits per heavy atom. The molecule has 0 saturated heterocycles. The highest BCUT2D eigenvalue weighted by atomic mass is 16.5. The zero-order chi connectivity index (χ0) is 14.9. The third kappa shape index (κ3) is 4.88. The normalized spacial score (nSPS) is 10.6. The van der Waals surface area contributed by atoms with Gasteiger partial charge in [-0.15, -0.1) is 0 Å². The minimum Gasteiger partial charge on any atom is -0.497 e. The highest BCUT2D eigenvalue weighted by molar-refractivity contribution is 5.28. The Morgan fingerprint density at radius 3 is 2.29 bits per heavy atom. The van der Waals surface area contributed by atoms with E-state index in [9.17, 15) is 0 Å². The van der Waals surface area contributed by atoms with Gasteiger partial charge in [0.1, 0.15) is 5.75 Å². The molecule has 3 nitrogen and oxygen atoms in total. The van der Waals surface area contributed by atoms with Gasteiger partial charge in [0, 0.05) is 19.7 Å². The molecule has 0 heterocycles. The van der Waals surface area contributed by atoms with Crippen LogP contribution >= 0.6 is 0 Å². The van der Waals surface area contributed by atoms with Crippen molar-refractivity contribution in [2.45, 2.75) is 26.6 Å². The van der Waals surface area contributed by atoms with Gasteiger partial charge in [0.25, 0.3) is 0 Å². The van der Waals surface area contributed by atoms with Gasteiger partial charge in [-0.25, -0.2) is 0 Å². The van der Waals surface area contributed by atoms with Crippen LogP contribution in [-0.2, 0) is 24.4 Å². The third-order valence-corrected chi connectivity index (χ3v) is 3.38. The van der Waals surface area contributed by atoms with E-state index >= 15 is 0 Å². The van der Waals surface area contributed by atoms with E-state index in [1.165, 1.54) is 16.7 Å². The molecule has 0 radical (unpaired) electrons. The second kappa shape index (κ2) is 8.45. The van der Waals surface area contributed by atoms with E-state index in [2.05, 4.69) is 41.7 Å². The van der Waals surface area contributed by atoms with Crippen LogP contribution < -0.4 is 10.1 Å². The molecule has 2 aromatic rings. The van der Waals surface area contributed by atoms with Gasteiger partial charge in [-0.3, -0.25) is 0 Å². The Balaban J connectivity index is 1.87. The molecule has 0 bridgehead atoms. The van der Waals surface area contributed by atoms with Gasteiger partial charge in [0.05, 0.1) is 13.7 Å². The van der Waals surface area contributed by atoms with Crippen molar-refractivity contribution in [2.75, 3.05) is 13.7 Å². The van der Waals surface area contributed by atoms with Gasteiger partial charge in [0.15, 0.2) is 0 Å². The topological polar surface area (TPSA) is 30.5 Å². The van der Waals surface area contributed by atoms with Crippen LogP contribution in [0.25, 0.3) is 0 Å². The van der Waals surface area contributed by atoms with Gasteiger partial charge < -0.3 is 14.8 Å². The molecule has 112 valence electrons. The molecular weight excluding hydrogens is 262 g/mol. The molecule has 0 aliphatic heterocycles. The molecule has 0 aromatic heterocycles. The summed E-state index contributed by atoms with van der Waals surface area (Å²) in [7, 11) is 1.68. The van der Waals surface area contributed by atoms with Crippen molar-refractivity contribution >= 4 is 0 Å². The number of benzene rings is 2. The van der Waals surface area contributed by atoms with Gasteiger partial charge in [0.2, 0.25) is 0 Å². The SMILES string of the molecule is CCOCc1ccccc1CNCc1ccc(OC)cc1. The largest absolute Gasteiger partial charge is 0.497 e. The number of rotatable bonds is 8. The summed E-state index contributed by atoms with van der Waals surface area (Å²) < 4.78 is 10.7. The zero-order valence-corrected chi connectivity index (χ0v) is 12.8. The predicted octanol–water partition coefficient (Wildman–Crippen LogP) is 3.52. The summed E-state index contributed by atoms with van der Waals surface area (Å²) in [6, 6.07) is 16.5. The van der Waals surface area contributed by atoms with Crippen LogP contribution in [0.5, 0.6) is 5.75 Å². The van der Waals surface area contributed by atoms with E-state index in [0.29, 0.717) is 6.61 Å². The van der Waals surface area contributed by atoms with Crippen molar-refractivity contribution in [1.29, 1.82) is 0 Å². The molecule has 0 amide bonds. The van der Waals surface area contributed by atoms with Crippen molar-refractivity contribution in [3.8, 4) is 5.75 Å². The predicted molar refractivity (Wildman–Crippen MR) is 85.3 cm³/mol. The van der Waals surface area contributed by atoms with Crippen molar-refractivity contribution in [1.82, 2.24) is 5.32 Å². The van der Waals surface area contributed by atoms with Crippen molar-refractivity contribution in [2.24, 2.45) is 0 Å². The molecule has 0 aliphatic carbocycles. The second-order valence-electron chi connectivity index (χ2n) is 4.86. The summed E-state index contributed by atoms with van der Waals surface area (Å²) in [5.41, 5.74) is 3.79. The molecule has 0 spiro atoms. The van der Waals surface area contributed by atoms with Gasteiger partial charge in [-0.05, 0) is 35.7 Å².